The van der Waals surface area contributed by atoms with Gasteiger partial charge in [0.1, 0.15) is 4.90 Å². The summed E-state index contributed by atoms with van der Waals surface area (Å²) < 4.78 is 65.8. The van der Waals surface area contributed by atoms with E-state index in [4.69, 9.17) is 0 Å². The first-order valence-electron chi connectivity index (χ1n) is 9.68. The largest absolute Gasteiger partial charge is 0.416 e. The van der Waals surface area contributed by atoms with Crippen molar-refractivity contribution in [2.24, 2.45) is 5.92 Å². The van der Waals surface area contributed by atoms with Gasteiger partial charge >= 0.3 is 6.18 Å². The van der Waals surface area contributed by atoms with E-state index in [0.717, 1.165) is 18.2 Å². The maximum absolute atomic E-state index is 13.1. The Labute approximate surface area is 182 Å². The lowest BCUT2D eigenvalue weighted by molar-refractivity contribution is -0.137. The van der Waals surface area contributed by atoms with E-state index in [9.17, 15) is 31.2 Å². The molecule has 0 spiro atoms. The van der Waals surface area contributed by atoms with Gasteiger partial charge in [0.05, 0.1) is 16.9 Å². The number of halogens is 3. The molecule has 0 radical (unpaired) electrons. The van der Waals surface area contributed by atoms with E-state index in [1.807, 2.05) is 0 Å². The maximum atomic E-state index is 13.1. The maximum Gasteiger partial charge on any atom is 0.416 e. The number of carbonyl (C=O) groups excluding carboxylic acids is 2. The Hall–Kier alpha value is -2.99. The molecule has 1 fully saturated rings. The fraction of sp³-hybridized carbons (Fsp3) is 0.350. The zero-order valence-electron chi connectivity index (χ0n) is 17.0. The third-order valence-corrected chi connectivity index (χ3v) is 6.89. The fourth-order valence-electron chi connectivity index (χ4n) is 3.36. The summed E-state index contributed by atoms with van der Waals surface area (Å²) in [5, 5.41) is 4.84. The van der Waals surface area contributed by atoms with E-state index in [2.05, 4.69) is 15.6 Å². The topological polar surface area (TPSA) is 108 Å². The highest BCUT2D eigenvalue weighted by atomic mass is 32.2. The number of sulfonamides is 1. The Bertz CT molecular complexity index is 1100. The number of nitrogens with zero attached hydrogens (tertiary/aromatic N) is 2. The van der Waals surface area contributed by atoms with Crippen LogP contribution in [0.1, 0.15) is 25.3 Å². The standard InChI is InChI=1S/C20H21F3N4O4S/c1-13(28)25-17-5-4-15(20(21,22)23)11-18(17)26-19(29)14-6-9-27(10-7-14)32(30,31)16-3-2-8-24-12-16/h2-5,8,11-12,14H,6-7,9-10H2,1H3,(H,25,28)(H,26,29). The molecule has 0 unspecified atom stereocenters. The first kappa shape index (κ1) is 23.7. The number of carbonyl (C=O) groups is 2. The number of hydrogen-bond donors (Lipinski definition) is 2. The molecule has 2 amide bonds. The number of alkyl halides is 3. The Morgan fingerprint density at radius 1 is 1.09 bits per heavy atom. The predicted molar refractivity (Wildman–Crippen MR) is 110 cm³/mol. The molecule has 1 aliphatic rings. The second kappa shape index (κ2) is 9.25. The van der Waals surface area contributed by atoms with Gasteiger partial charge < -0.3 is 10.6 Å². The summed E-state index contributed by atoms with van der Waals surface area (Å²) in [7, 11) is -3.75. The van der Waals surface area contributed by atoms with Gasteiger partial charge in [-0.2, -0.15) is 17.5 Å². The number of hydrogen-bond acceptors (Lipinski definition) is 5. The summed E-state index contributed by atoms with van der Waals surface area (Å²) in [6.45, 7) is 1.36. The quantitative estimate of drug-likeness (QED) is 0.698. The van der Waals surface area contributed by atoms with Crippen molar-refractivity contribution in [1.82, 2.24) is 9.29 Å². The van der Waals surface area contributed by atoms with Crippen LogP contribution in [0.5, 0.6) is 0 Å². The highest BCUT2D eigenvalue weighted by molar-refractivity contribution is 7.89. The van der Waals surface area contributed by atoms with E-state index in [1.165, 1.54) is 35.8 Å². The van der Waals surface area contributed by atoms with Crippen LogP contribution in [0.2, 0.25) is 0 Å². The van der Waals surface area contributed by atoms with Gasteiger partial charge in [-0.05, 0) is 43.2 Å². The fourth-order valence-corrected chi connectivity index (χ4v) is 4.80. The van der Waals surface area contributed by atoms with Crippen molar-refractivity contribution < 1.29 is 31.2 Å². The normalized spacial score (nSPS) is 15.9. The van der Waals surface area contributed by atoms with Crippen LogP contribution in [0.15, 0.2) is 47.6 Å². The summed E-state index contributed by atoms with van der Waals surface area (Å²) in [5.74, 6) is -1.65. The van der Waals surface area contributed by atoms with Gasteiger partial charge in [0.2, 0.25) is 21.8 Å². The van der Waals surface area contributed by atoms with Crippen molar-refractivity contribution in [2.45, 2.75) is 30.8 Å². The molecule has 3 rings (SSSR count). The first-order chi connectivity index (χ1) is 15.0. The van der Waals surface area contributed by atoms with Crippen molar-refractivity contribution in [3.63, 3.8) is 0 Å². The monoisotopic (exact) mass is 470 g/mol. The van der Waals surface area contributed by atoms with Crippen LogP contribution in [0.3, 0.4) is 0 Å². The predicted octanol–water partition coefficient (Wildman–Crippen LogP) is 3.10. The number of amides is 2. The minimum Gasteiger partial charge on any atom is -0.325 e. The van der Waals surface area contributed by atoms with E-state index >= 15 is 0 Å². The van der Waals surface area contributed by atoms with E-state index < -0.39 is 39.5 Å². The molecule has 1 aromatic heterocycles. The molecule has 2 aromatic rings. The number of pyridine rings is 1. The second-order valence-corrected chi connectivity index (χ2v) is 9.23. The molecular formula is C20H21F3N4O4S. The third-order valence-electron chi connectivity index (χ3n) is 5.01. The molecule has 32 heavy (non-hydrogen) atoms. The molecule has 1 saturated heterocycles. The second-order valence-electron chi connectivity index (χ2n) is 7.30. The molecule has 0 bridgehead atoms. The molecular weight excluding hydrogens is 449 g/mol. The van der Waals surface area contributed by atoms with Crippen molar-refractivity contribution in [3.05, 3.63) is 48.3 Å². The lowest BCUT2D eigenvalue weighted by atomic mass is 9.97. The Balaban J connectivity index is 1.71. The minimum atomic E-state index is -4.62. The molecule has 0 atom stereocenters. The van der Waals surface area contributed by atoms with Gasteiger partial charge in [-0.3, -0.25) is 14.6 Å². The van der Waals surface area contributed by atoms with Crippen molar-refractivity contribution >= 4 is 33.2 Å². The molecule has 1 aliphatic heterocycles. The molecule has 8 nitrogen and oxygen atoms in total. The highest BCUT2D eigenvalue weighted by Crippen LogP contribution is 2.34. The molecule has 172 valence electrons. The SMILES string of the molecule is CC(=O)Nc1ccc(C(F)(F)F)cc1NC(=O)C1CCN(S(=O)(=O)c2cccnc2)CC1. The van der Waals surface area contributed by atoms with Crippen LogP contribution >= 0.6 is 0 Å². The molecule has 0 aliphatic carbocycles. The average molecular weight is 470 g/mol. The Morgan fingerprint density at radius 2 is 1.78 bits per heavy atom. The minimum absolute atomic E-state index is 0.0374. The number of benzene rings is 1. The van der Waals surface area contributed by atoms with Crippen LogP contribution in [-0.2, 0) is 25.8 Å². The van der Waals surface area contributed by atoms with Gasteiger partial charge in [0.25, 0.3) is 0 Å². The summed E-state index contributed by atoms with van der Waals surface area (Å²) in [5.41, 5.74) is -1.11. The zero-order valence-corrected chi connectivity index (χ0v) is 17.8. The van der Waals surface area contributed by atoms with Gasteiger partial charge in [-0.25, -0.2) is 8.42 Å². The summed E-state index contributed by atoms with van der Waals surface area (Å²) in [6.07, 6.45) is -1.54. The van der Waals surface area contributed by atoms with Crippen molar-refractivity contribution in [3.8, 4) is 0 Å². The molecule has 12 heteroatoms. The van der Waals surface area contributed by atoms with E-state index in [0.29, 0.717) is 0 Å². The van der Waals surface area contributed by atoms with Crippen LogP contribution in [0, 0.1) is 5.92 Å². The van der Waals surface area contributed by atoms with Crippen LogP contribution in [0.25, 0.3) is 0 Å². The lowest BCUT2D eigenvalue weighted by Gasteiger charge is -2.30. The number of aromatic nitrogens is 1. The smallest absolute Gasteiger partial charge is 0.325 e. The van der Waals surface area contributed by atoms with Crippen molar-refractivity contribution in [1.29, 1.82) is 0 Å². The number of nitrogens with one attached hydrogen (secondary N) is 2. The summed E-state index contributed by atoms with van der Waals surface area (Å²) in [6, 6.07) is 5.57. The number of anilines is 2. The van der Waals surface area contributed by atoms with Crippen LogP contribution in [-0.4, -0.2) is 42.6 Å². The average Bonchev–Trinajstić information content (AvgIpc) is 2.74. The third kappa shape index (κ3) is 5.43. The Kier molecular flexibility index (Phi) is 6.84. The van der Waals surface area contributed by atoms with Crippen LogP contribution < -0.4 is 10.6 Å². The van der Waals surface area contributed by atoms with Crippen molar-refractivity contribution in [2.75, 3.05) is 23.7 Å². The van der Waals surface area contributed by atoms with E-state index in [1.54, 1.807) is 0 Å². The van der Waals surface area contributed by atoms with E-state index in [-0.39, 0.29) is 42.2 Å². The molecule has 2 N–H and O–H groups in total. The van der Waals surface area contributed by atoms with Gasteiger partial charge in [-0.15, -0.1) is 0 Å². The number of rotatable bonds is 5. The summed E-state index contributed by atoms with van der Waals surface area (Å²) in [4.78, 5) is 27.9. The van der Waals surface area contributed by atoms with Gasteiger partial charge in [0.15, 0.2) is 0 Å². The molecule has 2 heterocycles. The van der Waals surface area contributed by atoms with Gasteiger partial charge in [-0.1, -0.05) is 0 Å². The summed E-state index contributed by atoms with van der Waals surface area (Å²) >= 11 is 0. The highest BCUT2D eigenvalue weighted by Gasteiger charge is 2.34. The first-order valence-corrected chi connectivity index (χ1v) is 11.1. The number of piperidine rings is 1. The van der Waals surface area contributed by atoms with Gasteiger partial charge in [0, 0.05) is 38.3 Å². The molecule has 0 saturated carbocycles. The molecule has 1 aromatic carbocycles. The zero-order chi connectivity index (χ0) is 23.5. The Morgan fingerprint density at radius 3 is 2.34 bits per heavy atom. The van der Waals surface area contributed by atoms with Crippen LogP contribution in [0.4, 0.5) is 24.5 Å². The lowest BCUT2D eigenvalue weighted by Crippen LogP contribution is -2.41.